The number of aryl methyl sites for hydroxylation is 2. The second kappa shape index (κ2) is 9.28. The molecule has 3 rings (SSSR count). The molecule has 0 saturated heterocycles. The Morgan fingerprint density at radius 1 is 1.13 bits per heavy atom. The highest BCUT2D eigenvalue weighted by atomic mass is 32.2. The number of anilines is 1. The van der Waals surface area contributed by atoms with Gasteiger partial charge >= 0.3 is 0 Å². The summed E-state index contributed by atoms with van der Waals surface area (Å²) in [5.41, 5.74) is 8.16. The zero-order chi connectivity index (χ0) is 21.9. The van der Waals surface area contributed by atoms with Crippen LogP contribution in [0, 0.1) is 25.7 Å². The predicted molar refractivity (Wildman–Crippen MR) is 118 cm³/mol. The number of carbonyl (C=O) groups is 2. The molecule has 0 bridgehead atoms. The zero-order valence-corrected chi connectivity index (χ0v) is 18.7. The summed E-state index contributed by atoms with van der Waals surface area (Å²) in [6, 6.07) is 7.28. The first-order chi connectivity index (χ1) is 14.2. The van der Waals surface area contributed by atoms with Crippen molar-refractivity contribution in [2.45, 2.75) is 44.4 Å². The third-order valence-electron chi connectivity index (χ3n) is 5.56. The van der Waals surface area contributed by atoms with Crippen molar-refractivity contribution in [2.75, 3.05) is 11.9 Å². The van der Waals surface area contributed by atoms with Crippen LogP contribution >= 0.6 is 11.3 Å². The summed E-state index contributed by atoms with van der Waals surface area (Å²) < 4.78 is 27.5. The van der Waals surface area contributed by atoms with Gasteiger partial charge in [0.15, 0.2) is 0 Å². The highest BCUT2D eigenvalue weighted by Crippen LogP contribution is 2.30. The molecule has 30 heavy (non-hydrogen) atoms. The molecular formula is C21H27N3O4S2. The molecule has 1 saturated carbocycles. The molecule has 0 radical (unpaired) electrons. The second-order valence-corrected chi connectivity index (χ2v) is 10.6. The lowest BCUT2D eigenvalue weighted by Crippen LogP contribution is -2.33. The maximum Gasteiger partial charge on any atom is 0.258 e. The van der Waals surface area contributed by atoms with Crippen LogP contribution in [0.15, 0.2) is 34.5 Å². The minimum absolute atomic E-state index is 0.0278. The maximum absolute atomic E-state index is 12.6. The highest BCUT2D eigenvalue weighted by Gasteiger charge is 2.28. The Hall–Kier alpha value is -2.23. The molecule has 1 aromatic heterocycles. The van der Waals surface area contributed by atoms with Crippen molar-refractivity contribution in [3.05, 3.63) is 45.6 Å². The molecule has 7 nitrogen and oxygen atoms in total. The van der Waals surface area contributed by atoms with E-state index in [0.717, 1.165) is 53.8 Å². The quantitative estimate of drug-likeness (QED) is 0.601. The number of amides is 2. The topological polar surface area (TPSA) is 118 Å². The van der Waals surface area contributed by atoms with Gasteiger partial charge in [-0.3, -0.25) is 9.59 Å². The summed E-state index contributed by atoms with van der Waals surface area (Å²) in [5, 5.41) is 4.45. The summed E-state index contributed by atoms with van der Waals surface area (Å²) >= 11 is 1.01. The maximum atomic E-state index is 12.6. The molecule has 1 fully saturated rings. The van der Waals surface area contributed by atoms with E-state index in [-0.39, 0.29) is 27.5 Å². The summed E-state index contributed by atoms with van der Waals surface area (Å²) in [4.78, 5) is 24.1. The van der Waals surface area contributed by atoms with E-state index in [1.165, 1.54) is 11.4 Å². The van der Waals surface area contributed by atoms with Crippen molar-refractivity contribution in [2.24, 2.45) is 17.6 Å². The van der Waals surface area contributed by atoms with Crippen LogP contribution in [0.2, 0.25) is 0 Å². The van der Waals surface area contributed by atoms with E-state index in [9.17, 15) is 18.0 Å². The van der Waals surface area contributed by atoms with Gasteiger partial charge in [-0.1, -0.05) is 12.1 Å². The number of benzene rings is 1. The van der Waals surface area contributed by atoms with Gasteiger partial charge in [0.2, 0.25) is 15.9 Å². The summed E-state index contributed by atoms with van der Waals surface area (Å²) in [6.45, 7) is 4.28. The third kappa shape index (κ3) is 5.47. The number of nitrogens with two attached hydrogens (primary N) is 1. The van der Waals surface area contributed by atoms with Crippen LogP contribution in [0.25, 0.3) is 0 Å². The van der Waals surface area contributed by atoms with Crippen molar-refractivity contribution < 1.29 is 18.0 Å². The Morgan fingerprint density at radius 3 is 2.47 bits per heavy atom. The molecule has 4 N–H and O–H groups in total. The number of hydrogen-bond acceptors (Lipinski definition) is 5. The molecule has 0 spiro atoms. The molecule has 2 amide bonds. The molecule has 1 heterocycles. The fourth-order valence-corrected chi connectivity index (χ4v) is 5.88. The monoisotopic (exact) mass is 449 g/mol. The van der Waals surface area contributed by atoms with Gasteiger partial charge in [0.05, 0.1) is 9.77 Å². The number of primary amides is 1. The van der Waals surface area contributed by atoms with E-state index < -0.39 is 15.9 Å². The van der Waals surface area contributed by atoms with Crippen molar-refractivity contribution in [1.29, 1.82) is 0 Å². The van der Waals surface area contributed by atoms with Gasteiger partial charge in [-0.2, -0.15) is 0 Å². The number of nitrogens with one attached hydrogen (secondary N) is 2. The van der Waals surface area contributed by atoms with Crippen LogP contribution in [0.3, 0.4) is 0 Å². The van der Waals surface area contributed by atoms with E-state index in [1.807, 2.05) is 32.0 Å². The van der Waals surface area contributed by atoms with Gasteiger partial charge < -0.3 is 11.1 Å². The normalized spacial score (nSPS) is 19.4. The fraction of sp³-hybridized carbons (Fsp3) is 0.429. The number of carbonyl (C=O) groups excluding carboxylic acids is 2. The van der Waals surface area contributed by atoms with Crippen LogP contribution in [0.5, 0.6) is 0 Å². The lowest BCUT2D eigenvalue weighted by Gasteiger charge is -2.28. The minimum atomic E-state index is -3.68. The van der Waals surface area contributed by atoms with Crippen LogP contribution in [0.1, 0.15) is 46.5 Å². The predicted octanol–water partition coefficient (Wildman–Crippen LogP) is 3.19. The second-order valence-electron chi connectivity index (χ2n) is 7.89. The largest absolute Gasteiger partial charge is 0.365 e. The SMILES string of the molecule is Cc1ccc(C)c(NC(=O)C2CCC(CNS(=O)(=O)c3csc(C(N)=O)c3)CC2)c1. The van der Waals surface area contributed by atoms with Gasteiger partial charge in [0, 0.05) is 23.5 Å². The first kappa shape index (κ1) is 22.5. The van der Waals surface area contributed by atoms with Crippen LogP contribution in [-0.4, -0.2) is 26.8 Å². The number of thiophene rings is 1. The van der Waals surface area contributed by atoms with Gasteiger partial charge in [-0.05, 0) is 68.7 Å². The van der Waals surface area contributed by atoms with Gasteiger partial charge in [0.1, 0.15) is 0 Å². The average Bonchev–Trinajstić information content (AvgIpc) is 3.21. The molecule has 0 unspecified atom stereocenters. The zero-order valence-electron chi connectivity index (χ0n) is 17.1. The Balaban J connectivity index is 1.49. The van der Waals surface area contributed by atoms with E-state index >= 15 is 0 Å². The summed E-state index contributed by atoms with van der Waals surface area (Å²) in [5.74, 6) is -0.495. The molecule has 1 aliphatic carbocycles. The van der Waals surface area contributed by atoms with Crippen molar-refractivity contribution in [3.63, 3.8) is 0 Å². The van der Waals surface area contributed by atoms with Crippen LogP contribution in [-0.2, 0) is 14.8 Å². The van der Waals surface area contributed by atoms with Crippen LogP contribution < -0.4 is 15.8 Å². The van der Waals surface area contributed by atoms with Gasteiger partial charge in [-0.15, -0.1) is 11.3 Å². The van der Waals surface area contributed by atoms with E-state index in [1.54, 1.807) is 0 Å². The van der Waals surface area contributed by atoms with E-state index in [2.05, 4.69) is 10.0 Å². The lowest BCUT2D eigenvalue weighted by molar-refractivity contribution is -0.121. The Labute approximate surface area is 181 Å². The van der Waals surface area contributed by atoms with Gasteiger partial charge in [-0.25, -0.2) is 13.1 Å². The molecule has 0 atom stereocenters. The number of hydrogen-bond donors (Lipinski definition) is 3. The van der Waals surface area contributed by atoms with E-state index in [4.69, 9.17) is 5.73 Å². The summed E-state index contributed by atoms with van der Waals surface area (Å²) in [6.07, 6.45) is 3.02. The standard InChI is InChI=1S/C21H27N3O4S2/c1-13-3-4-14(2)18(9-13)24-21(26)16-7-5-15(6-8-16)11-23-30(27,28)17-10-19(20(22)25)29-12-17/h3-4,9-10,12,15-16,23H,5-8,11H2,1-2H3,(H2,22,25)(H,24,26). The molecular weight excluding hydrogens is 422 g/mol. The Kier molecular flexibility index (Phi) is 6.95. The average molecular weight is 450 g/mol. The summed E-state index contributed by atoms with van der Waals surface area (Å²) in [7, 11) is -3.68. The number of sulfonamides is 1. The highest BCUT2D eigenvalue weighted by molar-refractivity contribution is 7.89. The fourth-order valence-electron chi connectivity index (χ4n) is 3.63. The first-order valence-corrected chi connectivity index (χ1v) is 12.3. The molecule has 162 valence electrons. The third-order valence-corrected chi connectivity index (χ3v) is 8.06. The molecule has 1 aliphatic rings. The molecule has 1 aromatic carbocycles. The van der Waals surface area contributed by atoms with Crippen LogP contribution in [0.4, 0.5) is 5.69 Å². The first-order valence-electron chi connectivity index (χ1n) is 9.92. The Bertz CT molecular complexity index is 1040. The van der Waals surface area contributed by atoms with Gasteiger partial charge in [0.25, 0.3) is 5.91 Å². The lowest BCUT2D eigenvalue weighted by atomic mass is 9.81. The molecule has 9 heteroatoms. The van der Waals surface area contributed by atoms with Crippen molar-refractivity contribution in [3.8, 4) is 0 Å². The molecule has 0 aliphatic heterocycles. The Morgan fingerprint density at radius 2 is 1.83 bits per heavy atom. The molecule has 2 aromatic rings. The number of rotatable bonds is 7. The smallest absolute Gasteiger partial charge is 0.258 e. The van der Waals surface area contributed by atoms with Crippen molar-refractivity contribution in [1.82, 2.24) is 4.72 Å². The van der Waals surface area contributed by atoms with E-state index in [0.29, 0.717) is 6.54 Å². The van der Waals surface area contributed by atoms with Crippen molar-refractivity contribution >= 4 is 38.9 Å². The minimum Gasteiger partial charge on any atom is -0.365 e.